The Morgan fingerprint density at radius 2 is 2.00 bits per heavy atom. The van der Waals surface area contributed by atoms with E-state index >= 15 is 0 Å². The summed E-state index contributed by atoms with van der Waals surface area (Å²) in [5.74, 6) is 0.995. The Morgan fingerprint density at radius 3 is 2.71 bits per heavy atom. The average molecular weight is 380 g/mol. The maximum atomic E-state index is 12.7. The van der Waals surface area contributed by atoms with E-state index in [1.165, 1.54) is 12.4 Å². The third kappa shape index (κ3) is 3.56. The number of ether oxygens (including phenoxy) is 1. The highest BCUT2D eigenvalue weighted by Gasteiger charge is 2.44. The lowest BCUT2D eigenvalue weighted by Crippen LogP contribution is -2.52. The van der Waals surface area contributed by atoms with E-state index in [-0.39, 0.29) is 23.3 Å². The van der Waals surface area contributed by atoms with Crippen LogP contribution in [0.2, 0.25) is 0 Å². The molecule has 2 aliphatic rings. The second kappa shape index (κ2) is 7.58. The van der Waals surface area contributed by atoms with Crippen LogP contribution in [0.5, 0.6) is 5.75 Å². The fourth-order valence-electron chi connectivity index (χ4n) is 4.28. The SMILES string of the molecule is CNC(=O)C[C@@H]1CC2(CCN(C(=O)c3ccnnc3)CC2)Oc2ccccc21. The molecule has 1 fully saturated rings. The summed E-state index contributed by atoms with van der Waals surface area (Å²) in [4.78, 5) is 26.6. The third-order valence-corrected chi connectivity index (χ3v) is 5.81. The monoisotopic (exact) mass is 380 g/mol. The number of rotatable bonds is 3. The number of amides is 2. The molecule has 1 atom stereocenters. The van der Waals surface area contributed by atoms with E-state index in [9.17, 15) is 9.59 Å². The molecule has 146 valence electrons. The van der Waals surface area contributed by atoms with Crippen molar-refractivity contribution in [2.24, 2.45) is 0 Å². The summed E-state index contributed by atoms with van der Waals surface area (Å²) in [5.41, 5.74) is 1.32. The van der Waals surface area contributed by atoms with E-state index in [1.54, 1.807) is 13.1 Å². The zero-order chi connectivity index (χ0) is 19.6. The minimum absolute atomic E-state index is 0.0251. The molecule has 0 unspecified atom stereocenters. The Bertz CT molecular complexity index is 863. The van der Waals surface area contributed by atoms with Crippen LogP contribution >= 0.6 is 0 Å². The van der Waals surface area contributed by atoms with Crippen molar-refractivity contribution >= 4 is 11.8 Å². The van der Waals surface area contributed by atoms with Crippen molar-refractivity contribution < 1.29 is 14.3 Å². The van der Waals surface area contributed by atoms with E-state index in [2.05, 4.69) is 15.5 Å². The largest absolute Gasteiger partial charge is 0.487 e. The van der Waals surface area contributed by atoms with Gasteiger partial charge in [0.1, 0.15) is 11.4 Å². The highest BCUT2D eigenvalue weighted by atomic mass is 16.5. The van der Waals surface area contributed by atoms with Gasteiger partial charge >= 0.3 is 0 Å². The number of piperidine rings is 1. The van der Waals surface area contributed by atoms with Gasteiger partial charge in [-0.05, 0) is 24.1 Å². The zero-order valence-corrected chi connectivity index (χ0v) is 15.9. The summed E-state index contributed by atoms with van der Waals surface area (Å²) in [6.45, 7) is 1.24. The molecule has 2 aliphatic heterocycles. The molecule has 7 heteroatoms. The summed E-state index contributed by atoms with van der Waals surface area (Å²) in [6.07, 6.45) is 5.76. The second-order valence-electron chi connectivity index (χ2n) is 7.52. The number of fused-ring (bicyclic) bond motifs is 1. The van der Waals surface area contributed by atoms with Gasteiger partial charge in [-0.3, -0.25) is 9.59 Å². The molecular formula is C21H24N4O3. The van der Waals surface area contributed by atoms with Crippen LogP contribution in [0.3, 0.4) is 0 Å². The number of carbonyl (C=O) groups excluding carboxylic acids is 2. The first-order chi connectivity index (χ1) is 13.6. The molecule has 1 saturated heterocycles. The van der Waals surface area contributed by atoms with Crippen molar-refractivity contribution in [1.82, 2.24) is 20.4 Å². The van der Waals surface area contributed by atoms with Gasteiger partial charge in [0.25, 0.3) is 5.91 Å². The lowest BCUT2D eigenvalue weighted by molar-refractivity contribution is -0.121. The number of likely N-dealkylation sites (tertiary alicyclic amines) is 1. The third-order valence-electron chi connectivity index (χ3n) is 5.81. The molecule has 3 heterocycles. The van der Waals surface area contributed by atoms with E-state index < -0.39 is 0 Å². The van der Waals surface area contributed by atoms with Gasteiger partial charge in [0.15, 0.2) is 0 Å². The van der Waals surface area contributed by atoms with Crippen LogP contribution in [0, 0.1) is 0 Å². The van der Waals surface area contributed by atoms with Crippen LogP contribution in [-0.4, -0.2) is 52.6 Å². The van der Waals surface area contributed by atoms with Crippen molar-refractivity contribution in [2.45, 2.75) is 37.2 Å². The van der Waals surface area contributed by atoms with Crippen LogP contribution in [0.25, 0.3) is 0 Å². The van der Waals surface area contributed by atoms with Gasteiger partial charge in [-0.15, -0.1) is 0 Å². The molecule has 1 N–H and O–H groups in total. The van der Waals surface area contributed by atoms with E-state index in [0.29, 0.717) is 25.1 Å². The van der Waals surface area contributed by atoms with Crippen molar-refractivity contribution in [1.29, 1.82) is 0 Å². The highest BCUT2D eigenvalue weighted by molar-refractivity contribution is 5.93. The van der Waals surface area contributed by atoms with Crippen molar-refractivity contribution in [3.63, 3.8) is 0 Å². The minimum atomic E-state index is -0.333. The van der Waals surface area contributed by atoms with Crippen LogP contribution in [-0.2, 0) is 4.79 Å². The van der Waals surface area contributed by atoms with Crippen molar-refractivity contribution in [3.05, 3.63) is 53.9 Å². The molecule has 4 rings (SSSR count). The molecule has 0 radical (unpaired) electrons. The number of benzene rings is 1. The summed E-state index contributed by atoms with van der Waals surface area (Å²) >= 11 is 0. The van der Waals surface area contributed by atoms with Gasteiger partial charge in [-0.25, -0.2) is 0 Å². The number of aromatic nitrogens is 2. The lowest BCUT2D eigenvalue weighted by atomic mass is 9.76. The molecule has 0 saturated carbocycles. The Kier molecular flexibility index (Phi) is 4.98. The topological polar surface area (TPSA) is 84.4 Å². The Morgan fingerprint density at radius 1 is 1.21 bits per heavy atom. The van der Waals surface area contributed by atoms with Gasteiger partial charge in [0.2, 0.25) is 5.91 Å². The van der Waals surface area contributed by atoms with Crippen LogP contribution < -0.4 is 10.1 Å². The molecule has 2 aromatic rings. The van der Waals surface area contributed by atoms with E-state index in [4.69, 9.17) is 4.74 Å². The Labute approximate surface area is 164 Å². The van der Waals surface area contributed by atoms with Gasteiger partial charge in [0.05, 0.1) is 18.0 Å². The van der Waals surface area contributed by atoms with Gasteiger partial charge < -0.3 is 15.0 Å². The van der Waals surface area contributed by atoms with Crippen molar-refractivity contribution in [3.8, 4) is 5.75 Å². The highest BCUT2D eigenvalue weighted by Crippen LogP contribution is 2.46. The van der Waals surface area contributed by atoms with E-state index in [1.807, 2.05) is 29.2 Å². The normalized spacial score (nSPS) is 20.2. The quantitative estimate of drug-likeness (QED) is 0.882. The number of nitrogens with one attached hydrogen (secondary N) is 1. The Hall–Kier alpha value is -2.96. The molecular weight excluding hydrogens is 356 g/mol. The molecule has 0 aliphatic carbocycles. The van der Waals surface area contributed by atoms with Gasteiger partial charge in [-0.1, -0.05) is 18.2 Å². The molecule has 2 amide bonds. The van der Waals surface area contributed by atoms with Crippen molar-refractivity contribution in [2.75, 3.05) is 20.1 Å². The first-order valence-corrected chi connectivity index (χ1v) is 9.65. The first kappa shape index (κ1) is 18.4. The number of hydrogen-bond donors (Lipinski definition) is 1. The van der Waals surface area contributed by atoms with Crippen LogP contribution in [0.1, 0.15) is 47.5 Å². The fourth-order valence-corrected chi connectivity index (χ4v) is 4.28. The van der Waals surface area contributed by atoms with Gasteiger partial charge in [0, 0.05) is 45.3 Å². The molecule has 1 spiro atoms. The number of para-hydroxylation sites is 1. The Balaban J connectivity index is 1.50. The van der Waals surface area contributed by atoms with Crippen LogP contribution in [0.15, 0.2) is 42.7 Å². The summed E-state index contributed by atoms with van der Waals surface area (Å²) < 4.78 is 6.45. The van der Waals surface area contributed by atoms with Crippen LogP contribution in [0.4, 0.5) is 0 Å². The maximum Gasteiger partial charge on any atom is 0.255 e. The predicted molar refractivity (Wildman–Crippen MR) is 103 cm³/mol. The predicted octanol–water partition coefficient (Wildman–Crippen LogP) is 2.15. The summed E-state index contributed by atoms with van der Waals surface area (Å²) in [7, 11) is 1.67. The first-order valence-electron chi connectivity index (χ1n) is 9.65. The van der Waals surface area contributed by atoms with Gasteiger partial charge in [-0.2, -0.15) is 10.2 Å². The second-order valence-corrected chi connectivity index (χ2v) is 7.52. The summed E-state index contributed by atoms with van der Waals surface area (Å²) in [5, 5.41) is 10.3. The molecule has 0 bridgehead atoms. The number of carbonyl (C=O) groups is 2. The smallest absolute Gasteiger partial charge is 0.255 e. The lowest BCUT2D eigenvalue weighted by Gasteiger charge is -2.47. The number of nitrogens with zero attached hydrogens (tertiary/aromatic N) is 3. The fraction of sp³-hybridized carbons (Fsp3) is 0.429. The molecule has 28 heavy (non-hydrogen) atoms. The molecule has 1 aromatic heterocycles. The standard InChI is InChI=1S/C21H24N4O3/c1-22-19(26)12-16-13-21(28-18-5-3-2-4-17(16)18)7-10-25(11-8-21)20(27)15-6-9-23-24-14-15/h2-6,9,14,16H,7-8,10-13H2,1H3,(H,22,26)/t16-/m1/s1. The zero-order valence-electron chi connectivity index (χ0n) is 15.9. The maximum absolute atomic E-state index is 12.7. The summed E-state index contributed by atoms with van der Waals surface area (Å²) in [6, 6.07) is 9.66. The number of hydrogen-bond acceptors (Lipinski definition) is 5. The minimum Gasteiger partial charge on any atom is -0.487 e. The van der Waals surface area contributed by atoms with E-state index in [0.717, 1.165) is 30.6 Å². The average Bonchev–Trinajstić information content (AvgIpc) is 2.74. The molecule has 1 aromatic carbocycles. The molecule has 7 nitrogen and oxygen atoms in total.